The first-order valence-electron chi connectivity index (χ1n) is 10.2. The number of benzene rings is 2. The molecule has 1 N–H and O–H groups in total. The maximum atomic E-state index is 13.0. The molecular formula is C23H25N5O. The van der Waals surface area contributed by atoms with Crippen LogP contribution in [-0.2, 0) is 13.1 Å². The van der Waals surface area contributed by atoms with E-state index in [0.717, 1.165) is 42.6 Å². The number of amides is 2. The summed E-state index contributed by atoms with van der Waals surface area (Å²) in [6.45, 7) is 3.21. The number of anilines is 3. The van der Waals surface area contributed by atoms with Gasteiger partial charge in [-0.25, -0.2) is 4.79 Å². The number of urea groups is 1. The topological polar surface area (TPSA) is 53.4 Å². The maximum Gasteiger partial charge on any atom is 0.326 e. The minimum Gasteiger partial charge on any atom is -0.364 e. The fourth-order valence-corrected chi connectivity index (χ4v) is 3.88. The number of nitrogens with one attached hydrogen (secondary N) is 1. The maximum absolute atomic E-state index is 13.0. The van der Waals surface area contributed by atoms with Gasteiger partial charge in [-0.15, -0.1) is 0 Å². The molecule has 148 valence electrons. The number of carbonyl (C=O) groups excluding carboxylic acids is 1. The van der Waals surface area contributed by atoms with Crippen LogP contribution < -0.4 is 15.1 Å². The highest BCUT2D eigenvalue weighted by molar-refractivity contribution is 6.04. The van der Waals surface area contributed by atoms with E-state index < -0.39 is 0 Å². The fourth-order valence-electron chi connectivity index (χ4n) is 3.88. The molecule has 5 rings (SSSR count). The lowest BCUT2D eigenvalue weighted by Crippen LogP contribution is -2.45. The van der Waals surface area contributed by atoms with Crippen LogP contribution in [0.3, 0.4) is 0 Å². The highest BCUT2D eigenvalue weighted by atomic mass is 16.2. The molecule has 1 aliphatic heterocycles. The summed E-state index contributed by atoms with van der Waals surface area (Å²) in [5.41, 5.74) is 4.04. The van der Waals surface area contributed by atoms with Gasteiger partial charge in [-0.1, -0.05) is 42.5 Å². The van der Waals surface area contributed by atoms with E-state index in [0.29, 0.717) is 6.54 Å². The van der Waals surface area contributed by atoms with Crippen molar-refractivity contribution in [1.29, 1.82) is 0 Å². The van der Waals surface area contributed by atoms with Gasteiger partial charge in [-0.3, -0.25) is 9.58 Å². The molecule has 2 aliphatic rings. The number of carbonyl (C=O) groups is 1. The molecule has 0 spiro atoms. The molecule has 6 heteroatoms. The third kappa shape index (κ3) is 3.97. The lowest BCUT2D eigenvalue weighted by molar-refractivity contribution is 0.256. The normalized spacial score (nSPS) is 15.9. The van der Waals surface area contributed by atoms with Crippen molar-refractivity contribution in [3.8, 4) is 0 Å². The van der Waals surface area contributed by atoms with Crippen molar-refractivity contribution in [2.75, 3.05) is 28.2 Å². The molecule has 3 aromatic rings. The van der Waals surface area contributed by atoms with Gasteiger partial charge in [0.25, 0.3) is 0 Å². The van der Waals surface area contributed by atoms with Crippen LogP contribution in [0.15, 0.2) is 67.0 Å². The number of hydrogen-bond donors (Lipinski definition) is 1. The minimum atomic E-state index is -0.109. The third-order valence-electron chi connectivity index (χ3n) is 5.59. The SMILES string of the molecule is O=C(Nc1cnn(CC2CC2)c1)N1CCN(Cc2ccccc2)c2ccccc21. The number of nitrogens with zero attached hydrogens (tertiary/aromatic N) is 4. The van der Waals surface area contributed by atoms with Crippen LogP contribution in [0, 0.1) is 5.92 Å². The lowest BCUT2D eigenvalue weighted by atomic mass is 10.1. The van der Waals surface area contributed by atoms with Crippen molar-refractivity contribution in [2.24, 2.45) is 5.92 Å². The van der Waals surface area contributed by atoms with Gasteiger partial charge in [0.15, 0.2) is 0 Å². The number of fused-ring (bicyclic) bond motifs is 1. The number of hydrogen-bond acceptors (Lipinski definition) is 3. The highest BCUT2D eigenvalue weighted by Crippen LogP contribution is 2.34. The summed E-state index contributed by atoms with van der Waals surface area (Å²) in [6.07, 6.45) is 6.23. The molecule has 0 radical (unpaired) electrons. The van der Waals surface area contributed by atoms with E-state index in [1.807, 2.05) is 40.0 Å². The second-order valence-electron chi connectivity index (χ2n) is 7.87. The molecule has 0 unspecified atom stereocenters. The Morgan fingerprint density at radius 2 is 1.76 bits per heavy atom. The average molecular weight is 387 g/mol. The van der Waals surface area contributed by atoms with E-state index in [1.54, 1.807) is 6.20 Å². The van der Waals surface area contributed by atoms with Gasteiger partial charge in [0.05, 0.1) is 23.3 Å². The summed E-state index contributed by atoms with van der Waals surface area (Å²) >= 11 is 0. The Bertz CT molecular complexity index is 995. The molecule has 0 atom stereocenters. The molecule has 2 amide bonds. The Kier molecular flexibility index (Phi) is 4.68. The molecule has 1 saturated carbocycles. The van der Waals surface area contributed by atoms with Gasteiger partial charge < -0.3 is 10.2 Å². The van der Waals surface area contributed by atoms with Crippen LogP contribution in [0.25, 0.3) is 0 Å². The summed E-state index contributed by atoms with van der Waals surface area (Å²) in [4.78, 5) is 17.2. The summed E-state index contributed by atoms with van der Waals surface area (Å²) in [6, 6.07) is 18.5. The van der Waals surface area contributed by atoms with Crippen molar-refractivity contribution in [3.63, 3.8) is 0 Å². The zero-order valence-corrected chi connectivity index (χ0v) is 16.4. The molecule has 1 aromatic heterocycles. The van der Waals surface area contributed by atoms with E-state index in [4.69, 9.17) is 0 Å². The number of para-hydroxylation sites is 2. The van der Waals surface area contributed by atoms with Gasteiger partial charge >= 0.3 is 6.03 Å². The average Bonchev–Trinajstić information content (AvgIpc) is 3.46. The molecule has 2 aromatic carbocycles. The zero-order chi connectivity index (χ0) is 19.6. The standard InChI is InChI=1S/C23H25N5O/c29-23(25-20-14-24-27(17-20)16-19-10-11-19)28-13-12-26(15-18-6-2-1-3-7-18)21-8-4-5-9-22(21)28/h1-9,14,17,19H,10-13,15-16H2,(H,25,29). The van der Waals surface area contributed by atoms with Crippen molar-refractivity contribution >= 4 is 23.1 Å². The summed E-state index contributed by atoms with van der Waals surface area (Å²) in [5, 5.41) is 7.39. The van der Waals surface area contributed by atoms with Crippen LogP contribution in [-0.4, -0.2) is 28.9 Å². The van der Waals surface area contributed by atoms with Crippen molar-refractivity contribution in [3.05, 3.63) is 72.6 Å². The molecule has 0 bridgehead atoms. The summed E-state index contributed by atoms with van der Waals surface area (Å²) in [5.74, 6) is 0.753. The van der Waals surface area contributed by atoms with Crippen molar-refractivity contribution in [2.45, 2.75) is 25.9 Å². The quantitative estimate of drug-likeness (QED) is 0.708. The first-order chi connectivity index (χ1) is 14.3. The number of aromatic nitrogens is 2. The fraction of sp³-hybridized carbons (Fsp3) is 0.304. The van der Waals surface area contributed by atoms with E-state index in [1.165, 1.54) is 18.4 Å². The van der Waals surface area contributed by atoms with Gasteiger partial charge in [0, 0.05) is 32.4 Å². The largest absolute Gasteiger partial charge is 0.364 e. The zero-order valence-electron chi connectivity index (χ0n) is 16.4. The Morgan fingerprint density at radius 1 is 1.00 bits per heavy atom. The Labute approximate surface area is 170 Å². The summed E-state index contributed by atoms with van der Waals surface area (Å²) < 4.78 is 1.93. The van der Waals surface area contributed by atoms with Gasteiger partial charge in [-0.2, -0.15) is 5.10 Å². The molecule has 1 aliphatic carbocycles. The molecule has 29 heavy (non-hydrogen) atoms. The Morgan fingerprint density at radius 3 is 2.55 bits per heavy atom. The minimum absolute atomic E-state index is 0.109. The van der Waals surface area contributed by atoms with Crippen LogP contribution in [0.2, 0.25) is 0 Å². The molecule has 6 nitrogen and oxygen atoms in total. The van der Waals surface area contributed by atoms with E-state index in [2.05, 4.69) is 45.6 Å². The summed E-state index contributed by atoms with van der Waals surface area (Å²) in [7, 11) is 0. The van der Waals surface area contributed by atoms with E-state index in [9.17, 15) is 4.79 Å². The van der Waals surface area contributed by atoms with Crippen molar-refractivity contribution in [1.82, 2.24) is 9.78 Å². The van der Waals surface area contributed by atoms with Gasteiger partial charge in [0.2, 0.25) is 0 Å². The van der Waals surface area contributed by atoms with Gasteiger partial charge in [-0.05, 0) is 36.5 Å². The first kappa shape index (κ1) is 17.8. The van der Waals surface area contributed by atoms with Crippen molar-refractivity contribution < 1.29 is 4.79 Å². The van der Waals surface area contributed by atoms with Crippen LogP contribution in [0.5, 0.6) is 0 Å². The predicted molar refractivity (Wildman–Crippen MR) is 115 cm³/mol. The second kappa shape index (κ2) is 7.62. The molecule has 2 heterocycles. The predicted octanol–water partition coefficient (Wildman–Crippen LogP) is 4.35. The Hall–Kier alpha value is -3.28. The Balaban J connectivity index is 1.31. The van der Waals surface area contributed by atoms with Crippen LogP contribution in [0.4, 0.5) is 21.9 Å². The van der Waals surface area contributed by atoms with Crippen LogP contribution in [0.1, 0.15) is 18.4 Å². The monoisotopic (exact) mass is 387 g/mol. The number of rotatable bonds is 5. The molecule has 0 saturated heterocycles. The highest BCUT2D eigenvalue weighted by Gasteiger charge is 2.27. The van der Waals surface area contributed by atoms with E-state index in [-0.39, 0.29) is 6.03 Å². The molecule has 1 fully saturated rings. The first-order valence-corrected chi connectivity index (χ1v) is 10.2. The second-order valence-corrected chi connectivity index (χ2v) is 7.87. The molecular weight excluding hydrogens is 362 g/mol. The lowest BCUT2D eigenvalue weighted by Gasteiger charge is -2.37. The van der Waals surface area contributed by atoms with Crippen LogP contribution >= 0.6 is 0 Å². The smallest absolute Gasteiger partial charge is 0.326 e. The van der Waals surface area contributed by atoms with E-state index >= 15 is 0 Å². The third-order valence-corrected chi connectivity index (χ3v) is 5.59. The van der Waals surface area contributed by atoms with Gasteiger partial charge in [0.1, 0.15) is 0 Å².